The van der Waals surface area contributed by atoms with Crippen molar-refractivity contribution in [3.8, 4) is 0 Å². The summed E-state index contributed by atoms with van der Waals surface area (Å²) in [6.07, 6.45) is -0.0668. The number of thiophene rings is 1. The van der Waals surface area contributed by atoms with Crippen molar-refractivity contribution in [1.82, 2.24) is 4.90 Å². The van der Waals surface area contributed by atoms with E-state index in [0.29, 0.717) is 0 Å². The Morgan fingerprint density at radius 3 is 2.94 bits per heavy atom. The van der Waals surface area contributed by atoms with E-state index < -0.39 is 0 Å². The molecule has 1 heterocycles. The Morgan fingerprint density at radius 2 is 2.44 bits per heavy atom. The summed E-state index contributed by atoms with van der Waals surface area (Å²) in [7, 11) is 1.71. The maximum Gasteiger partial charge on any atom is 0.230 e. The SMILES string of the molecule is CC(c1cccs1)N(C)C(=O)CC(N)=NO. The molecule has 0 aliphatic rings. The summed E-state index contributed by atoms with van der Waals surface area (Å²) in [5, 5.41) is 13.1. The molecule has 6 heteroatoms. The first kappa shape index (κ1) is 12.5. The second-order valence-electron chi connectivity index (χ2n) is 3.46. The highest BCUT2D eigenvalue weighted by atomic mass is 32.1. The Morgan fingerprint density at radius 1 is 1.75 bits per heavy atom. The molecule has 1 amide bonds. The Hall–Kier alpha value is -1.56. The third-order valence-corrected chi connectivity index (χ3v) is 3.43. The van der Waals surface area contributed by atoms with E-state index in [1.807, 2.05) is 24.4 Å². The summed E-state index contributed by atoms with van der Waals surface area (Å²) in [6, 6.07) is 3.92. The lowest BCUT2D eigenvalue weighted by Gasteiger charge is -2.23. The number of amides is 1. The number of oxime groups is 1. The van der Waals surface area contributed by atoms with E-state index in [1.54, 1.807) is 23.3 Å². The van der Waals surface area contributed by atoms with Crippen molar-refractivity contribution in [1.29, 1.82) is 0 Å². The first-order valence-corrected chi connectivity index (χ1v) is 5.69. The molecule has 0 bridgehead atoms. The van der Waals surface area contributed by atoms with E-state index in [4.69, 9.17) is 10.9 Å². The van der Waals surface area contributed by atoms with Crippen LogP contribution in [0.15, 0.2) is 22.7 Å². The Bertz CT molecular complexity index is 375. The third-order valence-electron chi connectivity index (χ3n) is 2.39. The number of amidine groups is 1. The van der Waals surface area contributed by atoms with Crippen molar-refractivity contribution in [3.05, 3.63) is 22.4 Å². The van der Waals surface area contributed by atoms with Gasteiger partial charge in [-0.1, -0.05) is 11.2 Å². The van der Waals surface area contributed by atoms with Crippen molar-refractivity contribution in [2.24, 2.45) is 10.9 Å². The van der Waals surface area contributed by atoms with Crippen LogP contribution in [0.2, 0.25) is 0 Å². The van der Waals surface area contributed by atoms with Crippen LogP contribution in [-0.2, 0) is 4.79 Å². The first-order valence-electron chi connectivity index (χ1n) is 4.81. The fourth-order valence-electron chi connectivity index (χ4n) is 1.25. The largest absolute Gasteiger partial charge is 0.409 e. The number of hydrogen-bond acceptors (Lipinski definition) is 4. The maximum atomic E-state index is 11.7. The van der Waals surface area contributed by atoms with Gasteiger partial charge in [0.15, 0.2) is 0 Å². The van der Waals surface area contributed by atoms with E-state index in [1.165, 1.54) is 0 Å². The summed E-state index contributed by atoms with van der Waals surface area (Å²) in [5.41, 5.74) is 5.29. The first-order chi connectivity index (χ1) is 7.56. The molecule has 16 heavy (non-hydrogen) atoms. The lowest BCUT2D eigenvalue weighted by atomic mass is 10.2. The van der Waals surface area contributed by atoms with Crippen LogP contribution < -0.4 is 5.73 Å². The van der Waals surface area contributed by atoms with Crippen molar-refractivity contribution < 1.29 is 10.0 Å². The van der Waals surface area contributed by atoms with E-state index in [2.05, 4.69) is 5.16 Å². The van der Waals surface area contributed by atoms with Gasteiger partial charge in [0, 0.05) is 11.9 Å². The van der Waals surface area contributed by atoms with Gasteiger partial charge in [-0.25, -0.2) is 0 Å². The molecule has 1 atom stereocenters. The fraction of sp³-hybridized carbons (Fsp3) is 0.400. The molecule has 0 spiro atoms. The van der Waals surface area contributed by atoms with Gasteiger partial charge in [-0.2, -0.15) is 0 Å². The highest BCUT2D eigenvalue weighted by Gasteiger charge is 2.18. The Kier molecular flexibility index (Phi) is 4.30. The highest BCUT2D eigenvalue weighted by molar-refractivity contribution is 7.10. The van der Waals surface area contributed by atoms with Gasteiger partial charge in [-0.05, 0) is 18.4 Å². The Labute approximate surface area is 98.2 Å². The smallest absolute Gasteiger partial charge is 0.230 e. The molecule has 0 aliphatic carbocycles. The molecule has 5 nitrogen and oxygen atoms in total. The molecule has 88 valence electrons. The summed E-state index contributed by atoms with van der Waals surface area (Å²) in [4.78, 5) is 14.4. The van der Waals surface area contributed by atoms with Gasteiger partial charge < -0.3 is 15.8 Å². The van der Waals surface area contributed by atoms with Gasteiger partial charge in [0.25, 0.3) is 0 Å². The average Bonchev–Trinajstić information content (AvgIpc) is 2.80. The van der Waals surface area contributed by atoms with Crippen LogP contribution in [-0.4, -0.2) is 28.9 Å². The predicted molar refractivity (Wildman–Crippen MR) is 63.5 cm³/mol. The number of carbonyl (C=O) groups excluding carboxylic acids is 1. The van der Waals surface area contributed by atoms with Gasteiger partial charge in [0.2, 0.25) is 5.91 Å². The molecule has 0 aromatic carbocycles. The van der Waals surface area contributed by atoms with E-state index >= 15 is 0 Å². The predicted octanol–water partition coefficient (Wildman–Crippen LogP) is 1.40. The van der Waals surface area contributed by atoms with Gasteiger partial charge >= 0.3 is 0 Å². The summed E-state index contributed by atoms with van der Waals surface area (Å²) in [6.45, 7) is 1.94. The van der Waals surface area contributed by atoms with Crippen LogP contribution in [0, 0.1) is 0 Å². The zero-order chi connectivity index (χ0) is 12.1. The van der Waals surface area contributed by atoms with Gasteiger partial charge in [0.05, 0.1) is 12.5 Å². The molecule has 1 unspecified atom stereocenters. The second kappa shape index (κ2) is 5.50. The van der Waals surface area contributed by atoms with Crippen LogP contribution in [0.4, 0.5) is 0 Å². The van der Waals surface area contributed by atoms with Crippen molar-refractivity contribution in [2.45, 2.75) is 19.4 Å². The Balaban J connectivity index is 2.64. The third kappa shape index (κ3) is 2.96. The number of rotatable bonds is 4. The number of nitrogens with zero attached hydrogens (tertiary/aromatic N) is 2. The molecular formula is C10H15N3O2S. The van der Waals surface area contributed by atoms with Gasteiger partial charge in [-0.3, -0.25) is 4.79 Å². The number of carbonyl (C=O) groups is 1. The minimum absolute atomic E-state index is 0.000933. The van der Waals surface area contributed by atoms with Gasteiger partial charge in [0.1, 0.15) is 5.84 Å². The molecule has 1 aromatic rings. The standard InChI is InChI=1S/C10H15N3O2S/c1-7(8-4-3-5-16-8)13(2)10(14)6-9(11)12-15/h3-5,7,15H,6H2,1-2H3,(H2,11,12). The molecular weight excluding hydrogens is 226 g/mol. The summed E-state index contributed by atoms with van der Waals surface area (Å²) in [5.74, 6) is -0.244. The van der Waals surface area contributed by atoms with E-state index in [0.717, 1.165) is 4.88 Å². The van der Waals surface area contributed by atoms with Crippen LogP contribution in [0.5, 0.6) is 0 Å². The number of nitrogens with two attached hydrogens (primary N) is 1. The van der Waals surface area contributed by atoms with Gasteiger partial charge in [-0.15, -0.1) is 11.3 Å². The molecule has 0 saturated heterocycles. The average molecular weight is 241 g/mol. The van der Waals surface area contributed by atoms with Crippen LogP contribution in [0.3, 0.4) is 0 Å². The van der Waals surface area contributed by atoms with Crippen LogP contribution >= 0.6 is 11.3 Å². The summed E-state index contributed by atoms with van der Waals surface area (Å²) >= 11 is 1.60. The second-order valence-corrected chi connectivity index (χ2v) is 4.44. The quantitative estimate of drug-likeness (QED) is 0.362. The molecule has 0 radical (unpaired) electrons. The topological polar surface area (TPSA) is 78.9 Å². The van der Waals surface area contributed by atoms with Crippen molar-refractivity contribution >= 4 is 23.1 Å². The lowest BCUT2D eigenvalue weighted by molar-refractivity contribution is -0.130. The fourth-order valence-corrected chi connectivity index (χ4v) is 2.08. The summed E-state index contributed by atoms with van der Waals surface area (Å²) < 4.78 is 0. The van der Waals surface area contributed by atoms with Crippen molar-refractivity contribution in [3.63, 3.8) is 0 Å². The maximum absolute atomic E-state index is 11.7. The molecule has 0 aliphatic heterocycles. The molecule has 3 N–H and O–H groups in total. The van der Waals surface area contributed by atoms with Crippen molar-refractivity contribution in [2.75, 3.05) is 7.05 Å². The molecule has 0 fully saturated rings. The highest BCUT2D eigenvalue weighted by Crippen LogP contribution is 2.23. The molecule has 0 saturated carbocycles. The lowest BCUT2D eigenvalue weighted by Crippen LogP contribution is -2.32. The molecule has 1 aromatic heterocycles. The minimum Gasteiger partial charge on any atom is -0.409 e. The van der Waals surface area contributed by atoms with E-state index in [9.17, 15) is 4.79 Å². The van der Waals surface area contributed by atoms with Crippen LogP contribution in [0.1, 0.15) is 24.3 Å². The van der Waals surface area contributed by atoms with E-state index in [-0.39, 0.29) is 24.2 Å². The zero-order valence-electron chi connectivity index (χ0n) is 9.25. The number of hydrogen-bond donors (Lipinski definition) is 2. The monoisotopic (exact) mass is 241 g/mol. The normalized spacial score (nSPS) is 13.5. The minimum atomic E-state index is -0.170. The van der Waals surface area contributed by atoms with Crippen LogP contribution in [0.25, 0.3) is 0 Å². The zero-order valence-corrected chi connectivity index (χ0v) is 10.1. The molecule has 1 rings (SSSR count).